The van der Waals surface area contributed by atoms with Gasteiger partial charge in [0.05, 0.1) is 18.4 Å². The van der Waals surface area contributed by atoms with Crippen LogP contribution >= 0.6 is 0 Å². The van der Waals surface area contributed by atoms with Gasteiger partial charge in [-0.05, 0) is 68.4 Å². The van der Waals surface area contributed by atoms with E-state index in [9.17, 15) is 5.11 Å². The molecule has 2 fully saturated rings. The highest BCUT2D eigenvalue weighted by atomic mass is 16.5. The number of hydrogen-bond acceptors (Lipinski definition) is 5. The van der Waals surface area contributed by atoms with Crippen molar-refractivity contribution in [3.05, 3.63) is 58.9 Å². The first-order valence-electron chi connectivity index (χ1n) is 11.2. The van der Waals surface area contributed by atoms with Crippen LogP contribution in [0.2, 0.25) is 0 Å². The fraction of sp³-hybridized carbons (Fsp3) is 0.500. The minimum Gasteiger partial charge on any atom is -0.486 e. The van der Waals surface area contributed by atoms with Gasteiger partial charge in [0.15, 0.2) is 0 Å². The van der Waals surface area contributed by atoms with Crippen molar-refractivity contribution >= 4 is 0 Å². The van der Waals surface area contributed by atoms with E-state index in [0.717, 1.165) is 55.2 Å². The maximum absolute atomic E-state index is 10.7. The first kappa shape index (κ1) is 21.8. The van der Waals surface area contributed by atoms with Gasteiger partial charge < -0.3 is 14.9 Å². The lowest BCUT2D eigenvalue weighted by Gasteiger charge is -2.35. The standard InChI is InChI=1S/C26H32N2O3/c1-18-6-11-25(19(2)27-18)31-26-14-23-17-28(16-22(23)13-24(26)30)15-21-9-7-20(8-10-21)5-3-4-12-29/h6-11,22-24,26,29-30H,4,12-17H2,1-2H3/t22-,23+,24+,26+/m0/s1. The van der Waals surface area contributed by atoms with Crippen molar-refractivity contribution in [1.82, 2.24) is 9.88 Å². The number of fused-ring (bicyclic) bond motifs is 1. The Morgan fingerprint density at radius 3 is 2.52 bits per heavy atom. The molecule has 0 spiro atoms. The Balaban J connectivity index is 1.34. The van der Waals surface area contributed by atoms with Gasteiger partial charge in [0.2, 0.25) is 0 Å². The summed E-state index contributed by atoms with van der Waals surface area (Å²) in [4.78, 5) is 6.98. The highest BCUT2D eigenvalue weighted by molar-refractivity contribution is 5.36. The third-order valence-corrected chi connectivity index (χ3v) is 6.45. The molecule has 31 heavy (non-hydrogen) atoms. The van der Waals surface area contributed by atoms with Crippen LogP contribution in [0.15, 0.2) is 36.4 Å². The zero-order valence-electron chi connectivity index (χ0n) is 18.4. The largest absolute Gasteiger partial charge is 0.486 e. The molecule has 2 N–H and O–H groups in total. The molecule has 2 aliphatic rings. The highest BCUT2D eigenvalue weighted by Gasteiger charge is 2.42. The minimum absolute atomic E-state index is 0.102. The summed E-state index contributed by atoms with van der Waals surface area (Å²) in [6.45, 7) is 7.02. The van der Waals surface area contributed by atoms with Crippen LogP contribution in [-0.2, 0) is 6.54 Å². The van der Waals surface area contributed by atoms with Gasteiger partial charge in [0.1, 0.15) is 11.9 Å². The molecule has 4 atom stereocenters. The van der Waals surface area contributed by atoms with Crippen molar-refractivity contribution in [1.29, 1.82) is 0 Å². The maximum atomic E-state index is 10.7. The van der Waals surface area contributed by atoms with Crippen molar-refractivity contribution in [2.45, 2.75) is 51.9 Å². The number of aliphatic hydroxyl groups excluding tert-OH is 2. The average Bonchev–Trinajstić information content (AvgIpc) is 3.12. The van der Waals surface area contributed by atoms with Gasteiger partial charge in [-0.15, -0.1) is 0 Å². The third-order valence-electron chi connectivity index (χ3n) is 6.45. The summed E-state index contributed by atoms with van der Waals surface area (Å²) in [6.07, 6.45) is 1.59. The van der Waals surface area contributed by atoms with Crippen LogP contribution in [0.3, 0.4) is 0 Å². The summed E-state index contributed by atoms with van der Waals surface area (Å²) in [5.41, 5.74) is 4.12. The monoisotopic (exact) mass is 420 g/mol. The van der Waals surface area contributed by atoms with Crippen LogP contribution in [0.4, 0.5) is 0 Å². The summed E-state index contributed by atoms with van der Waals surface area (Å²) in [5, 5.41) is 19.6. The van der Waals surface area contributed by atoms with Crippen molar-refractivity contribution < 1.29 is 14.9 Å². The van der Waals surface area contributed by atoms with Crippen LogP contribution in [0, 0.1) is 37.5 Å². The highest BCUT2D eigenvalue weighted by Crippen LogP contribution is 2.38. The molecule has 1 saturated carbocycles. The van der Waals surface area contributed by atoms with E-state index >= 15 is 0 Å². The lowest BCUT2D eigenvalue weighted by molar-refractivity contribution is -0.0236. The molecule has 5 nitrogen and oxygen atoms in total. The molecular weight excluding hydrogens is 388 g/mol. The van der Waals surface area contributed by atoms with Gasteiger partial charge in [0, 0.05) is 37.3 Å². The predicted octanol–water partition coefficient (Wildman–Crippen LogP) is 3.08. The van der Waals surface area contributed by atoms with Gasteiger partial charge in [-0.1, -0.05) is 24.0 Å². The zero-order valence-corrected chi connectivity index (χ0v) is 18.4. The summed E-state index contributed by atoms with van der Waals surface area (Å²) >= 11 is 0. The molecule has 0 radical (unpaired) electrons. The number of aliphatic hydroxyl groups is 2. The third kappa shape index (κ3) is 5.46. The topological polar surface area (TPSA) is 65.8 Å². The number of aryl methyl sites for hydroxylation is 2. The Labute approximate surface area is 185 Å². The number of hydrogen-bond donors (Lipinski definition) is 2. The second-order valence-corrected chi connectivity index (χ2v) is 8.92. The molecule has 164 valence electrons. The zero-order chi connectivity index (χ0) is 21.8. The molecule has 0 unspecified atom stereocenters. The normalized spacial score (nSPS) is 25.5. The first-order chi connectivity index (χ1) is 15.0. The smallest absolute Gasteiger partial charge is 0.141 e. The molecule has 1 aromatic carbocycles. The predicted molar refractivity (Wildman–Crippen MR) is 121 cm³/mol. The van der Waals surface area contributed by atoms with E-state index in [-0.39, 0.29) is 12.7 Å². The van der Waals surface area contributed by atoms with E-state index in [0.29, 0.717) is 18.3 Å². The quantitative estimate of drug-likeness (QED) is 0.728. The summed E-state index contributed by atoms with van der Waals surface area (Å²) in [6, 6.07) is 12.3. The Morgan fingerprint density at radius 2 is 1.81 bits per heavy atom. The van der Waals surface area contributed by atoms with Gasteiger partial charge in [0.25, 0.3) is 0 Å². The molecule has 4 rings (SSSR count). The lowest BCUT2D eigenvalue weighted by Crippen LogP contribution is -2.42. The van der Waals surface area contributed by atoms with Gasteiger partial charge in [-0.25, -0.2) is 0 Å². The van der Waals surface area contributed by atoms with Crippen molar-refractivity contribution in [3.63, 3.8) is 0 Å². The summed E-state index contributed by atoms with van der Waals surface area (Å²) in [5.74, 6) is 7.89. The first-order valence-corrected chi connectivity index (χ1v) is 11.2. The summed E-state index contributed by atoms with van der Waals surface area (Å²) in [7, 11) is 0. The van der Waals surface area contributed by atoms with Crippen LogP contribution in [-0.4, -0.2) is 52.0 Å². The van der Waals surface area contributed by atoms with Gasteiger partial charge in [-0.3, -0.25) is 9.88 Å². The van der Waals surface area contributed by atoms with Gasteiger partial charge in [-0.2, -0.15) is 0 Å². The van der Waals surface area contributed by atoms with E-state index in [1.807, 2.05) is 38.1 Å². The molecular formula is C26H32N2O3. The number of nitrogens with zero attached hydrogens (tertiary/aromatic N) is 2. The Hall–Kier alpha value is -2.39. The van der Waals surface area contributed by atoms with E-state index < -0.39 is 6.10 Å². The fourth-order valence-electron chi connectivity index (χ4n) is 4.88. The molecule has 1 aliphatic carbocycles. The van der Waals surface area contributed by atoms with Crippen LogP contribution < -0.4 is 4.74 Å². The number of aromatic nitrogens is 1. The van der Waals surface area contributed by atoms with Gasteiger partial charge >= 0.3 is 0 Å². The van der Waals surface area contributed by atoms with Crippen molar-refractivity contribution in [2.24, 2.45) is 11.8 Å². The molecule has 1 saturated heterocycles. The van der Waals surface area contributed by atoms with Crippen molar-refractivity contribution in [2.75, 3.05) is 19.7 Å². The molecule has 0 amide bonds. The Morgan fingerprint density at radius 1 is 1.06 bits per heavy atom. The second kappa shape index (κ2) is 9.82. The number of rotatable bonds is 5. The molecule has 1 aromatic heterocycles. The van der Waals surface area contributed by atoms with E-state index in [4.69, 9.17) is 9.84 Å². The molecule has 1 aliphatic heterocycles. The van der Waals surface area contributed by atoms with E-state index in [1.165, 1.54) is 5.56 Å². The molecule has 2 heterocycles. The SMILES string of the molecule is Cc1ccc(O[C@@H]2C[C@@H]3CN(Cc4ccc(C#CCCO)cc4)C[C@@H]3C[C@H]2O)c(C)n1. The Bertz CT molecular complexity index is 947. The molecule has 5 heteroatoms. The lowest BCUT2D eigenvalue weighted by atomic mass is 9.78. The van der Waals surface area contributed by atoms with Crippen LogP contribution in [0.5, 0.6) is 5.75 Å². The number of pyridine rings is 1. The average molecular weight is 421 g/mol. The Kier molecular flexibility index (Phi) is 6.92. The molecule has 2 aromatic rings. The minimum atomic E-state index is -0.432. The number of likely N-dealkylation sites (tertiary alicyclic amines) is 1. The number of benzene rings is 1. The van der Waals surface area contributed by atoms with Crippen molar-refractivity contribution in [3.8, 4) is 17.6 Å². The molecule has 0 bridgehead atoms. The second-order valence-electron chi connectivity index (χ2n) is 8.92. The van der Waals surface area contributed by atoms with E-state index in [1.54, 1.807) is 0 Å². The maximum Gasteiger partial charge on any atom is 0.141 e. The van der Waals surface area contributed by atoms with Crippen LogP contribution in [0.1, 0.15) is 41.8 Å². The van der Waals surface area contributed by atoms with E-state index in [2.05, 4.69) is 33.9 Å². The summed E-state index contributed by atoms with van der Waals surface area (Å²) < 4.78 is 6.21. The fourth-order valence-corrected chi connectivity index (χ4v) is 4.88. The van der Waals surface area contributed by atoms with Crippen LogP contribution in [0.25, 0.3) is 0 Å². The number of ether oxygens (including phenoxy) is 1.